The molecule has 0 aromatic heterocycles. The van der Waals surface area contributed by atoms with Crippen molar-refractivity contribution in [1.82, 2.24) is 0 Å². The molecule has 0 spiro atoms. The summed E-state index contributed by atoms with van der Waals surface area (Å²) in [4.78, 5) is 10.7. The summed E-state index contributed by atoms with van der Waals surface area (Å²) in [6.07, 6.45) is 1.47. The van der Waals surface area contributed by atoms with Gasteiger partial charge in [0.15, 0.2) is 0 Å². The molecule has 1 aromatic rings. The first-order chi connectivity index (χ1) is 6.63. The van der Waals surface area contributed by atoms with E-state index in [-0.39, 0.29) is 5.91 Å². The first kappa shape index (κ1) is 10.8. The molecule has 0 heterocycles. The van der Waals surface area contributed by atoms with Crippen LogP contribution in [0.3, 0.4) is 0 Å². The number of benzene rings is 1. The molecule has 0 aliphatic heterocycles. The summed E-state index contributed by atoms with van der Waals surface area (Å²) < 4.78 is 0. The largest absolute Gasteiger partial charge is 0.369 e. The smallest absolute Gasteiger partial charge is 0.221 e. The minimum atomic E-state index is -0.277. The normalized spacial score (nSPS) is 12.4. The number of nitrogens with two attached hydrogens (primary N) is 1. The van der Waals surface area contributed by atoms with Crippen LogP contribution in [0.25, 0.3) is 0 Å². The molecule has 0 aliphatic rings. The lowest BCUT2D eigenvalue weighted by Gasteiger charge is -2.08. The molecule has 0 fully saturated rings. The zero-order valence-electron chi connectivity index (χ0n) is 8.79. The van der Waals surface area contributed by atoms with Crippen LogP contribution < -0.4 is 5.73 Å². The van der Waals surface area contributed by atoms with Gasteiger partial charge in [0.2, 0.25) is 5.91 Å². The van der Waals surface area contributed by atoms with E-state index in [1.54, 1.807) is 0 Å². The number of rotatable bonds is 4. The fourth-order valence-electron chi connectivity index (χ4n) is 1.40. The van der Waals surface area contributed by atoms with Crippen LogP contribution in [0, 0.1) is 0 Å². The van der Waals surface area contributed by atoms with Gasteiger partial charge < -0.3 is 5.73 Å². The summed E-state index contributed by atoms with van der Waals surface area (Å²) in [5, 5.41) is 0. The standard InChI is InChI=1S/C12H17NO/c1-3-9(2)11-6-4-10(5-7-11)8-12(13)14/h4-7,9H,3,8H2,1-2H3,(H2,13,14). The molecule has 14 heavy (non-hydrogen) atoms. The number of carbonyl (C=O) groups is 1. The average molecular weight is 191 g/mol. The highest BCUT2D eigenvalue weighted by molar-refractivity contribution is 5.76. The molecular formula is C12H17NO. The van der Waals surface area contributed by atoms with Crippen molar-refractivity contribution < 1.29 is 4.79 Å². The van der Waals surface area contributed by atoms with Crippen molar-refractivity contribution in [2.75, 3.05) is 0 Å². The Labute approximate surface area is 85.1 Å². The topological polar surface area (TPSA) is 43.1 Å². The van der Waals surface area contributed by atoms with Gasteiger partial charge in [-0.05, 0) is 23.5 Å². The van der Waals surface area contributed by atoms with Gasteiger partial charge in [0.1, 0.15) is 0 Å². The molecule has 2 heteroatoms. The van der Waals surface area contributed by atoms with Gasteiger partial charge in [-0.3, -0.25) is 4.79 Å². The molecule has 1 aromatic carbocycles. The number of primary amides is 1. The summed E-state index contributed by atoms with van der Waals surface area (Å²) >= 11 is 0. The summed E-state index contributed by atoms with van der Waals surface area (Å²) in [7, 11) is 0. The van der Waals surface area contributed by atoms with E-state index in [0.717, 1.165) is 12.0 Å². The molecule has 1 atom stereocenters. The van der Waals surface area contributed by atoms with E-state index >= 15 is 0 Å². The number of hydrogen-bond donors (Lipinski definition) is 1. The molecule has 1 rings (SSSR count). The molecule has 76 valence electrons. The van der Waals surface area contributed by atoms with Crippen LogP contribution in [-0.4, -0.2) is 5.91 Å². The molecule has 0 aliphatic carbocycles. The molecule has 2 N–H and O–H groups in total. The second kappa shape index (κ2) is 4.80. The Hall–Kier alpha value is -1.31. The van der Waals surface area contributed by atoms with E-state index < -0.39 is 0 Å². The van der Waals surface area contributed by atoms with Crippen molar-refractivity contribution in [3.8, 4) is 0 Å². The van der Waals surface area contributed by atoms with Gasteiger partial charge in [-0.15, -0.1) is 0 Å². The van der Waals surface area contributed by atoms with Crippen molar-refractivity contribution in [1.29, 1.82) is 0 Å². The minimum Gasteiger partial charge on any atom is -0.369 e. The van der Waals surface area contributed by atoms with Crippen LogP contribution in [-0.2, 0) is 11.2 Å². The third-order valence-electron chi connectivity index (χ3n) is 2.54. The van der Waals surface area contributed by atoms with Crippen molar-refractivity contribution in [3.05, 3.63) is 35.4 Å². The van der Waals surface area contributed by atoms with Gasteiger partial charge >= 0.3 is 0 Å². The second-order valence-corrected chi connectivity index (χ2v) is 3.69. The SMILES string of the molecule is CCC(C)c1ccc(CC(N)=O)cc1. The Bertz CT molecular complexity index is 303. The third-order valence-corrected chi connectivity index (χ3v) is 2.54. The Morgan fingerprint density at radius 2 is 1.93 bits per heavy atom. The predicted molar refractivity (Wildman–Crippen MR) is 58.0 cm³/mol. The maximum absolute atomic E-state index is 10.7. The highest BCUT2D eigenvalue weighted by Gasteiger charge is 2.03. The number of hydrogen-bond acceptors (Lipinski definition) is 1. The lowest BCUT2D eigenvalue weighted by molar-refractivity contribution is -0.117. The van der Waals surface area contributed by atoms with Crippen molar-refractivity contribution >= 4 is 5.91 Å². The Kier molecular flexibility index (Phi) is 3.69. The van der Waals surface area contributed by atoms with E-state index in [2.05, 4.69) is 26.0 Å². The molecule has 0 saturated heterocycles. The van der Waals surface area contributed by atoms with Crippen molar-refractivity contribution in [3.63, 3.8) is 0 Å². The van der Waals surface area contributed by atoms with Crippen molar-refractivity contribution in [2.45, 2.75) is 32.6 Å². The van der Waals surface area contributed by atoms with Gasteiger partial charge in [-0.2, -0.15) is 0 Å². The lowest BCUT2D eigenvalue weighted by atomic mass is 9.97. The van der Waals surface area contributed by atoms with Crippen molar-refractivity contribution in [2.24, 2.45) is 5.73 Å². The van der Waals surface area contributed by atoms with Crippen LogP contribution >= 0.6 is 0 Å². The highest BCUT2D eigenvalue weighted by Crippen LogP contribution is 2.18. The Balaban J connectivity index is 2.73. The van der Waals surface area contributed by atoms with E-state index in [0.29, 0.717) is 12.3 Å². The van der Waals surface area contributed by atoms with Gasteiger partial charge in [-0.1, -0.05) is 38.1 Å². The summed E-state index contributed by atoms with van der Waals surface area (Å²) in [6.45, 7) is 4.37. The van der Waals surface area contributed by atoms with Crippen LogP contribution in [0.4, 0.5) is 0 Å². The van der Waals surface area contributed by atoms with Crippen LogP contribution in [0.1, 0.15) is 37.3 Å². The van der Waals surface area contributed by atoms with E-state index in [1.807, 2.05) is 12.1 Å². The van der Waals surface area contributed by atoms with E-state index in [9.17, 15) is 4.79 Å². The monoisotopic (exact) mass is 191 g/mol. The predicted octanol–water partition coefficient (Wildman–Crippen LogP) is 2.23. The molecule has 0 saturated carbocycles. The van der Waals surface area contributed by atoms with E-state index in [4.69, 9.17) is 5.73 Å². The fraction of sp³-hybridized carbons (Fsp3) is 0.417. The summed E-state index contributed by atoms with van der Waals surface area (Å²) in [6, 6.07) is 8.11. The maximum atomic E-state index is 10.7. The van der Waals surface area contributed by atoms with Crippen LogP contribution in [0.5, 0.6) is 0 Å². The molecular weight excluding hydrogens is 174 g/mol. The number of carbonyl (C=O) groups excluding carboxylic acids is 1. The summed E-state index contributed by atoms with van der Waals surface area (Å²) in [5.41, 5.74) is 7.42. The fourth-order valence-corrected chi connectivity index (χ4v) is 1.40. The van der Waals surface area contributed by atoms with Crippen LogP contribution in [0.2, 0.25) is 0 Å². The van der Waals surface area contributed by atoms with Gasteiger partial charge in [0.25, 0.3) is 0 Å². The van der Waals surface area contributed by atoms with E-state index in [1.165, 1.54) is 5.56 Å². The number of amides is 1. The quantitative estimate of drug-likeness (QED) is 0.779. The first-order valence-corrected chi connectivity index (χ1v) is 5.00. The molecule has 0 bridgehead atoms. The molecule has 2 nitrogen and oxygen atoms in total. The van der Waals surface area contributed by atoms with Gasteiger partial charge in [0, 0.05) is 0 Å². The van der Waals surface area contributed by atoms with Crippen LogP contribution in [0.15, 0.2) is 24.3 Å². The Morgan fingerprint density at radius 1 is 1.36 bits per heavy atom. The maximum Gasteiger partial charge on any atom is 0.221 e. The summed E-state index contributed by atoms with van der Waals surface area (Å²) in [5.74, 6) is 0.305. The first-order valence-electron chi connectivity index (χ1n) is 5.00. The zero-order valence-corrected chi connectivity index (χ0v) is 8.79. The molecule has 1 amide bonds. The van der Waals surface area contributed by atoms with Gasteiger partial charge in [0.05, 0.1) is 6.42 Å². The molecule has 0 radical (unpaired) electrons. The highest BCUT2D eigenvalue weighted by atomic mass is 16.1. The minimum absolute atomic E-state index is 0.277. The average Bonchev–Trinajstić information content (AvgIpc) is 2.17. The zero-order chi connectivity index (χ0) is 10.6. The Morgan fingerprint density at radius 3 is 2.36 bits per heavy atom. The third kappa shape index (κ3) is 2.87. The lowest BCUT2D eigenvalue weighted by Crippen LogP contribution is -2.13. The second-order valence-electron chi connectivity index (χ2n) is 3.69. The molecule has 1 unspecified atom stereocenters. The van der Waals surface area contributed by atoms with Gasteiger partial charge in [-0.25, -0.2) is 0 Å².